The molecular formula is C39H45NO5SSi. The summed E-state index contributed by atoms with van der Waals surface area (Å²) in [6, 6.07) is 29.2. The summed E-state index contributed by atoms with van der Waals surface area (Å²) in [5.74, 6) is -0.833. The quantitative estimate of drug-likeness (QED) is 0.0696. The standard InChI is InChI=1S/C39H45NO5SSi/c1-39(2,3)47(28-17-9-7-10-18-28,29-19-11-8-12-20-29)45-35(38-40-32-22-15-16-23-36(32)46-38)26-25-31-30(33(41)27-34(31)42)21-13-5-6-14-24-37(43)44-4/h5,7-13,15-20,22-23,25-26,30-31,34-35,42H,6,14,21,24,27H2,1-4H3/b13-5-,26-25+/t30-,31-,34-,35-/m1/s1. The SMILES string of the molecule is COC(=O)CCC/C=C\C[C@H]1C(=O)C[C@@H](O)[C@@H]1/C=C/[C@@H](O[Si](c1ccccc1)(c1ccccc1)C(C)(C)C)c1nc2ccccc2s1. The van der Waals surface area contributed by atoms with Gasteiger partial charge < -0.3 is 14.3 Å². The van der Waals surface area contributed by atoms with Gasteiger partial charge in [-0.25, -0.2) is 4.98 Å². The molecule has 1 saturated carbocycles. The van der Waals surface area contributed by atoms with Crippen molar-refractivity contribution < 1.29 is 23.9 Å². The number of aromatic nitrogens is 1. The number of hydrogen-bond acceptors (Lipinski definition) is 7. The number of fused-ring (bicyclic) bond motifs is 1. The first kappa shape index (κ1) is 34.6. The van der Waals surface area contributed by atoms with Crippen LogP contribution in [0.15, 0.2) is 109 Å². The number of methoxy groups -OCH3 is 1. The Kier molecular flexibility index (Phi) is 11.4. The smallest absolute Gasteiger partial charge is 0.305 e. The first-order valence-electron chi connectivity index (χ1n) is 16.4. The molecule has 1 heterocycles. The number of carbonyl (C=O) groups excluding carboxylic acids is 2. The van der Waals surface area contributed by atoms with Gasteiger partial charge in [-0.05, 0) is 46.8 Å². The number of ether oxygens (including phenoxy) is 1. The average molecular weight is 668 g/mol. The van der Waals surface area contributed by atoms with Crippen molar-refractivity contribution in [2.24, 2.45) is 11.8 Å². The minimum atomic E-state index is -2.97. The Morgan fingerprint density at radius 3 is 2.26 bits per heavy atom. The minimum Gasteiger partial charge on any atom is -0.469 e. The van der Waals surface area contributed by atoms with Gasteiger partial charge >= 0.3 is 5.97 Å². The molecule has 47 heavy (non-hydrogen) atoms. The van der Waals surface area contributed by atoms with E-state index in [1.165, 1.54) is 17.5 Å². The van der Waals surface area contributed by atoms with Gasteiger partial charge in [0.25, 0.3) is 8.32 Å². The molecule has 3 aromatic carbocycles. The molecule has 0 spiro atoms. The molecule has 8 heteroatoms. The van der Waals surface area contributed by atoms with Crippen molar-refractivity contribution in [3.05, 3.63) is 114 Å². The predicted octanol–water partition coefficient (Wildman–Crippen LogP) is 7.33. The molecule has 1 fully saturated rings. The van der Waals surface area contributed by atoms with Crippen molar-refractivity contribution in [3.8, 4) is 0 Å². The van der Waals surface area contributed by atoms with Crippen molar-refractivity contribution in [3.63, 3.8) is 0 Å². The van der Waals surface area contributed by atoms with Crippen molar-refractivity contribution in [2.75, 3.05) is 7.11 Å². The van der Waals surface area contributed by atoms with E-state index in [4.69, 9.17) is 14.1 Å². The van der Waals surface area contributed by atoms with Crippen LogP contribution >= 0.6 is 11.3 Å². The molecule has 0 aliphatic heterocycles. The summed E-state index contributed by atoms with van der Waals surface area (Å²) in [6.45, 7) is 6.77. The van der Waals surface area contributed by atoms with E-state index in [0.717, 1.165) is 21.6 Å². The van der Waals surface area contributed by atoms with Gasteiger partial charge in [0.2, 0.25) is 0 Å². The number of carbonyl (C=O) groups is 2. The van der Waals surface area contributed by atoms with Gasteiger partial charge in [-0.15, -0.1) is 11.3 Å². The number of esters is 1. The Morgan fingerprint density at radius 2 is 1.64 bits per heavy atom. The van der Waals surface area contributed by atoms with Crippen LogP contribution in [0.4, 0.5) is 0 Å². The molecule has 0 saturated heterocycles. The zero-order valence-electron chi connectivity index (χ0n) is 27.7. The fourth-order valence-electron chi connectivity index (χ4n) is 6.65. The summed E-state index contributed by atoms with van der Waals surface area (Å²) in [6.07, 6.45) is 9.24. The van der Waals surface area contributed by atoms with Crippen LogP contribution in [-0.4, -0.2) is 43.4 Å². The number of aliphatic hydroxyl groups excluding tert-OH is 1. The van der Waals surface area contributed by atoms with E-state index >= 15 is 0 Å². The number of Topliss-reactive ketones (excluding diaryl/α,β-unsaturated/α-hetero) is 1. The molecule has 0 unspecified atom stereocenters. The molecule has 0 radical (unpaired) electrons. The number of para-hydroxylation sites is 1. The zero-order valence-corrected chi connectivity index (χ0v) is 29.5. The summed E-state index contributed by atoms with van der Waals surface area (Å²) in [4.78, 5) is 29.6. The van der Waals surface area contributed by atoms with E-state index in [2.05, 4.69) is 75.4 Å². The molecule has 1 aromatic heterocycles. The molecule has 5 rings (SSSR count). The Hall–Kier alpha value is -3.69. The molecule has 4 atom stereocenters. The molecule has 6 nitrogen and oxygen atoms in total. The van der Waals surface area contributed by atoms with E-state index in [1.807, 2.05) is 54.6 Å². The first-order valence-corrected chi connectivity index (χ1v) is 19.1. The fraction of sp³-hybridized carbons (Fsp3) is 0.359. The van der Waals surface area contributed by atoms with E-state index in [-0.39, 0.29) is 35.0 Å². The van der Waals surface area contributed by atoms with Gasteiger partial charge in [0.1, 0.15) is 16.9 Å². The van der Waals surface area contributed by atoms with Crippen molar-refractivity contribution in [1.82, 2.24) is 4.98 Å². The second-order valence-corrected chi connectivity index (χ2v) is 18.5. The normalized spacial score (nSPS) is 19.6. The lowest BCUT2D eigenvalue weighted by Gasteiger charge is -2.44. The number of unbranched alkanes of at least 4 members (excludes halogenated alkanes) is 1. The van der Waals surface area contributed by atoms with Crippen molar-refractivity contribution in [2.45, 2.75) is 70.1 Å². The molecule has 246 valence electrons. The molecule has 4 aromatic rings. The first-order chi connectivity index (χ1) is 22.6. The number of rotatable bonds is 13. The van der Waals surface area contributed by atoms with Gasteiger partial charge in [0.15, 0.2) is 0 Å². The summed E-state index contributed by atoms with van der Waals surface area (Å²) >= 11 is 1.62. The maximum Gasteiger partial charge on any atom is 0.305 e. The minimum absolute atomic E-state index is 0.0656. The second-order valence-electron chi connectivity index (χ2n) is 13.2. The lowest BCUT2D eigenvalue weighted by molar-refractivity contribution is -0.140. The zero-order chi connectivity index (χ0) is 33.4. The highest BCUT2D eigenvalue weighted by Gasteiger charge is 2.52. The van der Waals surface area contributed by atoms with Crippen LogP contribution in [0.3, 0.4) is 0 Å². The maximum absolute atomic E-state index is 13.1. The third-order valence-electron chi connectivity index (χ3n) is 9.05. The molecule has 1 aliphatic rings. The largest absolute Gasteiger partial charge is 0.469 e. The van der Waals surface area contributed by atoms with Crippen molar-refractivity contribution >= 4 is 52.0 Å². The number of nitrogens with zero attached hydrogens (tertiary/aromatic N) is 1. The third-order valence-corrected chi connectivity index (χ3v) is 15.2. The van der Waals surface area contributed by atoms with Gasteiger partial charge in [0, 0.05) is 24.7 Å². The van der Waals surface area contributed by atoms with Crippen LogP contribution in [0.1, 0.15) is 64.0 Å². The molecule has 0 bridgehead atoms. The summed E-state index contributed by atoms with van der Waals surface area (Å²) in [5, 5.41) is 14.0. The van der Waals surface area contributed by atoms with E-state index < -0.39 is 20.5 Å². The van der Waals surface area contributed by atoms with E-state index in [0.29, 0.717) is 19.3 Å². The summed E-state index contributed by atoms with van der Waals surface area (Å²) < 4.78 is 13.4. The highest BCUT2D eigenvalue weighted by molar-refractivity contribution is 7.18. The fourth-order valence-corrected chi connectivity index (χ4v) is 12.3. The lowest BCUT2D eigenvalue weighted by atomic mass is 9.90. The van der Waals surface area contributed by atoms with Crippen LogP contribution in [-0.2, 0) is 18.8 Å². The van der Waals surface area contributed by atoms with Gasteiger partial charge in [-0.1, -0.05) is 118 Å². The number of thiazole rings is 1. The molecule has 1 N–H and O–H groups in total. The molecular weight excluding hydrogens is 623 g/mol. The third kappa shape index (κ3) is 7.89. The Morgan fingerprint density at radius 1 is 1.00 bits per heavy atom. The number of allylic oxidation sites excluding steroid dienone is 2. The highest BCUT2D eigenvalue weighted by atomic mass is 32.1. The summed E-state index contributed by atoms with van der Waals surface area (Å²) in [5.41, 5.74) is 0.920. The number of benzene rings is 3. The lowest BCUT2D eigenvalue weighted by Crippen LogP contribution is -2.66. The Bertz CT molecular complexity index is 1620. The van der Waals surface area contributed by atoms with Crippen LogP contribution in [0.2, 0.25) is 5.04 Å². The topological polar surface area (TPSA) is 85.7 Å². The Labute approximate surface area is 283 Å². The van der Waals surface area contributed by atoms with Crippen molar-refractivity contribution in [1.29, 1.82) is 0 Å². The monoisotopic (exact) mass is 667 g/mol. The van der Waals surface area contributed by atoms with Gasteiger partial charge in [-0.2, -0.15) is 0 Å². The van der Waals surface area contributed by atoms with E-state index in [1.54, 1.807) is 11.3 Å². The van der Waals surface area contributed by atoms with Crippen LogP contribution < -0.4 is 10.4 Å². The predicted molar refractivity (Wildman–Crippen MR) is 192 cm³/mol. The Balaban J connectivity index is 1.52. The van der Waals surface area contributed by atoms with E-state index in [9.17, 15) is 14.7 Å². The van der Waals surface area contributed by atoms with Crippen LogP contribution in [0, 0.1) is 11.8 Å². The second kappa shape index (κ2) is 15.5. The van der Waals surface area contributed by atoms with Crippen LogP contribution in [0.5, 0.6) is 0 Å². The number of hydrogen-bond donors (Lipinski definition) is 1. The maximum atomic E-state index is 13.1. The number of ketones is 1. The van der Waals surface area contributed by atoms with Crippen LogP contribution in [0.25, 0.3) is 10.2 Å². The van der Waals surface area contributed by atoms with Gasteiger partial charge in [0.05, 0.1) is 23.4 Å². The highest BCUT2D eigenvalue weighted by Crippen LogP contribution is 2.42. The molecule has 0 amide bonds. The molecule has 1 aliphatic carbocycles. The number of aliphatic hydroxyl groups is 1. The summed E-state index contributed by atoms with van der Waals surface area (Å²) in [7, 11) is -1.58. The average Bonchev–Trinajstić information content (AvgIpc) is 3.62. The van der Waals surface area contributed by atoms with Gasteiger partial charge in [-0.3, -0.25) is 9.59 Å².